The Bertz CT molecular complexity index is 1110. The summed E-state index contributed by atoms with van der Waals surface area (Å²) in [6.07, 6.45) is 0.888. The van der Waals surface area contributed by atoms with Crippen molar-refractivity contribution in [2.24, 2.45) is 0 Å². The van der Waals surface area contributed by atoms with Crippen LogP contribution >= 0.6 is 0 Å². The molecule has 0 aliphatic carbocycles. The van der Waals surface area contributed by atoms with Gasteiger partial charge in [-0.05, 0) is 57.0 Å². The molecule has 168 valence electrons. The highest BCUT2D eigenvalue weighted by molar-refractivity contribution is 6.43. The fourth-order valence-electron chi connectivity index (χ4n) is 3.54. The molecule has 7 heteroatoms. The van der Waals surface area contributed by atoms with E-state index in [4.69, 9.17) is 9.47 Å². The fourth-order valence-corrected chi connectivity index (χ4v) is 3.54. The van der Waals surface area contributed by atoms with E-state index in [1.54, 1.807) is 25.6 Å². The van der Waals surface area contributed by atoms with Gasteiger partial charge in [-0.25, -0.2) is 4.68 Å². The molecule has 3 rings (SSSR count). The summed E-state index contributed by atoms with van der Waals surface area (Å²) in [5.74, 6) is -0.0584. The Morgan fingerprint density at radius 3 is 2.47 bits per heavy atom. The molecule has 0 bridgehead atoms. The van der Waals surface area contributed by atoms with Gasteiger partial charge in [0.2, 0.25) is 0 Å². The lowest BCUT2D eigenvalue weighted by atomic mass is 10.1. The standard InChI is InChI=1S/C25H29N3O4/c1-6-14-32-21-13-12-19(15-22(21)31-5)16(2)26-25(30)24(29)23-17(3)27-28(18(23)4)20-10-8-7-9-11-20/h7-13,15-16H,6,14H2,1-5H3,(H,26,30). The van der Waals surface area contributed by atoms with E-state index in [0.29, 0.717) is 35.1 Å². The van der Waals surface area contributed by atoms with E-state index in [1.165, 1.54) is 0 Å². The van der Waals surface area contributed by atoms with Gasteiger partial charge in [0.15, 0.2) is 11.5 Å². The van der Waals surface area contributed by atoms with Crippen LogP contribution in [0.3, 0.4) is 0 Å². The number of carbonyl (C=O) groups excluding carboxylic acids is 2. The molecule has 1 atom stereocenters. The number of para-hydroxylation sites is 1. The smallest absolute Gasteiger partial charge is 0.293 e. The van der Waals surface area contributed by atoms with Crippen molar-refractivity contribution in [3.05, 3.63) is 71.0 Å². The Morgan fingerprint density at radius 1 is 1.09 bits per heavy atom. The zero-order chi connectivity index (χ0) is 23.3. The lowest BCUT2D eigenvalue weighted by Gasteiger charge is -2.17. The Balaban J connectivity index is 1.78. The van der Waals surface area contributed by atoms with E-state index in [9.17, 15) is 9.59 Å². The number of ketones is 1. The van der Waals surface area contributed by atoms with Crippen LogP contribution in [0.5, 0.6) is 11.5 Å². The van der Waals surface area contributed by atoms with Gasteiger partial charge in [-0.15, -0.1) is 0 Å². The molecule has 0 saturated carbocycles. The third-order valence-electron chi connectivity index (χ3n) is 5.22. The Morgan fingerprint density at radius 2 is 1.81 bits per heavy atom. The van der Waals surface area contributed by atoms with Gasteiger partial charge >= 0.3 is 0 Å². The summed E-state index contributed by atoms with van der Waals surface area (Å²) in [5.41, 5.74) is 3.09. The molecular formula is C25H29N3O4. The normalized spacial score (nSPS) is 11.7. The van der Waals surface area contributed by atoms with Crippen molar-refractivity contribution in [2.75, 3.05) is 13.7 Å². The molecule has 1 unspecified atom stereocenters. The molecule has 0 aliphatic heterocycles. The van der Waals surface area contributed by atoms with Crippen LogP contribution in [-0.4, -0.2) is 35.2 Å². The summed E-state index contributed by atoms with van der Waals surface area (Å²) >= 11 is 0. The number of nitrogens with zero attached hydrogens (tertiary/aromatic N) is 2. The number of benzene rings is 2. The number of ether oxygens (including phenoxy) is 2. The Hall–Kier alpha value is -3.61. The number of hydrogen-bond acceptors (Lipinski definition) is 5. The van der Waals surface area contributed by atoms with Gasteiger partial charge in [-0.3, -0.25) is 9.59 Å². The molecule has 1 aromatic heterocycles. The summed E-state index contributed by atoms with van der Waals surface area (Å²) in [6.45, 7) is 7.96. The number of aromatic nitrogens is 2. The van der Waals surface area contributed by atoms with Crippen LogP contribution in [0.1, 0.15) is 53.6 Å². The average molecular weight is 436 g/mol. The lowest BCUT2D eigenvalue weighted by Crippen LogP contribution is -2.33. The molecule has 32 heavy (non-hydrogen) atoms. The van der Waals surface area contributed by atoms with Crippen LogP contribution in [-0.2, 0) is 4.79 Å². The molecule has 0 fully saturated rings. The van der Waals surface area contributed by atoms with Crippen molar-refractivity contribution in [3.8, 4) is 17.2 Å². The van der Waals surface area contributed by atoms with Gasteiger partial charge in [-0.1, -0.05) is 31.2 Å². The van der Waals surface area contributed by atoms with E-state index in [1.807, 2.05) is 62.4 Å². The zero-order valence-electron chi connectivity index (χ0n) is 19.1. The highest BCUT2D eigenvalue weighted by atomic mass is 16.5. The monoisotopic (exact) mass is 435 g/mol. The molecule has 0 radical (unpaired) electrons. The van der Waals surface area contributed by atoms with E-state index >= 15 is 0 Å². The van der Waals surface area contributed by atoms with Crippen LogP contribution in [0.15, 0.2) is 48.5 Å². The number of carbonyl (C=O) groups is 2. The number of Topliss-reactive ketones (excluding diaryl/α,β-unsaturated/α-hetero) is 1. The van der Waals surface area contributed by atoms with Crippen LogP contribution in [0, 0.1) is 13.8 Å². The van der Waals surface area contributed by atoms with Crippen LogP contribution < -0.4 is 14.8 Å². The van der Waals surface area contributed by atoms with Gasteiger partial charge in [0.05, 0.1) is 42.4 Å². The minimum atomic E-state index is -0.679. The second-order valence-corrected chi connectivity index (χ2v) is 7.58. The summed E-state index contributed by atoms with van der Waals surface area (Å²) in [7, 11) is 1.57. The minimum absolute atomic E-state index is 0.319. The maximum atomic E-state index is 13.0. The fraction of sp³-hybridized carbons (Fsp3) is 0.320. The predicted molar refractivity (Wildman–Crippen MR) is 123 cm³/mol. The first kappa shape index (κ1) is 23.1. The third-order valence-corrected chi connectivity index (χ3v) is 5.22. The number of nitrogens with one attached hydrogen (secondary N) is 1. The predicted octanol–water partition coefficient (Wildman–Crippen LogP) is 4.35. The third kappa shape index (κ3) is 4.82. The molecule has 1 heterocycles. The summed E-state index contributed by atoms with van der Waals surface area (Å²) < 4.78 is 12.8. The number of methoxy groups -OCH3 is 1. The van der Waals surface area contributed by atoms with Gasteiger partial charge in [-0.2, -0.15) is 5.10 Å². The van der Waals surface area contributed by atoms with Gasteiger partial charge < -0.3 is 14.8 Å². The van der Waals surface area contributed by atoms with E-state index < -0.39 is 17.7 Å². The molecule has 3 aromatic rings. The van der Waals surface area contributed by atoms with Crippen molar-refractivity contribution < 1.29 is 19.1 Å². The molecule has 7 nitrogen and oxygen atoms in total. The molecule has 1 amide bonds. The van der Waals surface area contributed by atoms with Crippen molar-refractivity contribution >= 4 is 11.7 Å². The van der Waals surface area contributed by atoms with E-state index in [0.717, 1.165) is 17.7 Å². The summed E-state index contributed by atoms with van der Waals surface area (Å²) in [6, 6.07) is 14.6. The van der Waals surface area contributed by atoms with Crippen LogP contribution in [0.2, 0.25) is 0 Å². The second-order valence-electron chi connectivity index (χ2n) is 7.58. The lowest BCUT2D eigenvalue weighted by molar-refractivity contribution is -0.117. The number of aryl methyl sites for hydroxylation is 1. The maximum absolute atomic E-state index is 13.0. The van der Waals surface area contributed by atoms with Crippen LogP contribution in [0.25, 0.3) is 5.69 Å². The zero-order valence-corrected chi connectivity index (χ0v) is 19.1. The first-order valence-electron chi connectivity index (χ1n) is 10.6. The van der Waals surface area contributed by atoms with Crippen LogP contribution in [0.4, 0.5) is 0 Å². The van der Waals surface area contributed by atoms with Crippen molar-refractivity contribution in [3.63, 3.8) is 0 Å². The van der Waals surface area contributed by atoms with E-state index in [2.05, 4.69) is 10.4 Å². The first-order chi connectivity index (χ1) is 15.4. The van der Waals surface area contributed by atoms with E-state index in [-0.39, 0.29) is 0 Å². The topological polar surface area (TPSA) is 82.5 Å². The minimum Gasteiger partial charge on any atom is -0.493 e. The molecule has 0 spiro atoms. The molecule has 2 aromatic carbocycles. The van der Waals surface area contributed by atoms with Gasteiger partial charge in [0.1, 0.15) is 0 Å². The van der Waals surface area contributed by atoms with Crippen molar-refractivity contribution in [2.45, 2.75) is 40.2 Å². The van der Waals surface area contributed by atoms with Gasteiger partial charge in [0, 0.05) is 0 Å². The largest absolute Gasteiger partial charge is 0.493 e. The number of hydrogen-bond donors (Lipinski definition) is 1. The average Bonchev–Trinajstić information content (AvgIpc) is 3.11. The molecule has 0 aliphatic rings. The Labute approximate surface area is 188 Å². The SMILES string of the molecule is CCCOc1ccc(C(C)NC(=O)C(=O)c2c(C)nn(-c3ccccc3)c2C)cc1OC. The second kappa shape index (κ2) is 10.1. The van der Waals surface area contributed by atoms with Crippen molar-refractivity contribution in [1.82, 2.24) is 15.1 Å². The molecule has 0 saturated heterocycles. The quantitative estimate of drug-likeness (QED) is 0.399. The molecular weight excluding hydrogens is 406 g/mol. The number of rotatable bonds is 9. The summed E-state index contributed by atoms with van der Waals surface area (Å²) in [5, 5.41) is 7.25. The highest BCUT2D eigenvalue weighted by Gasteiger charge is 2.26. The van der Waals surface area contributed by atoms with Crippen molar-refractivity contribution in [1.29, 1.82) is 0 Å². The molecule has 1 N–H and O–H groups in total. The van der Waals surface area contributed by atoms with Gasteiger partial charge in [0.25, 0.3) is 11.7 Å². The number of amides is 1. The summed E-state index contributed by atoms with van der Waals surface area (Å²) in [4.78, 5) is 25.8. The maximum Gasteiger partial charge on any atom is 0.293 e. The first-order valence-corrected chi connectivity index (χ1v) is 10.6. The highest BCUT2D eigenvalue weighted by Crippen LogP contribution is 2.30. The Kier molecular flexibility index (Phi) is 7.30.